The predicted octanol–water partition coefficient (Wildman–Crippen LogP) is 0.415. The molecule has 1 saturated heterocycles. The SMILES string of the molecule is CO[C@H](C)c1nsc(N[C@@H]2CC(=O)N(C)C2=O)n1. The highest BCUT2D eigenvalue weighted by Gasteiger charge is 2.36. The molecule has 1 N–H and O–H groups in total. The highest BCUT2D eigenvalue weighted by molar-refractivity contribution is 7.09. The number of imide groups is 1. The molecule has 18 heavy (non-hydrogen) atoms. The number of hydrogen-bond acceptors (Lipinski definition) is 7. The molecule has 2 amide bonds. The highest BCUT2D eigenvalue weighted by atomic mass is 32.1. The van der Waals surface area contributed by atoms with Gasteiger partial charge in [0.1, 0.15) is 12.1 Å². The van der Waals surface area contributed by atoms with Gasteiger partial charge < -0.3 is 10.1 Å². The van der Waals surface area contributed by atoms with E-state index in [4.69, 9.17) is 4.74 Å². The van der Waals surface area contributed by atoms with Gasteiger partial charge in [-0.15, -0.1) is 0 Å². The monoisotopic (exact) mass is 270 g/mol. The van der Waals surface area contributed by atoms with Gasteiger partial charge in [-0.1, -0.05) is 0 Å². The van der Waals surface area contributed by atoms with Gasteiger partial charge in [0.2, 0.25) is 11.0 Å². The van der Waals surface area contributed by atoms with Crippen LogP contribution in [0.25, 0.3) is 0 Å². The molecule has 98 valence electrons. The normalized spacial score (nSPS) is 21.5. The Morgan fingerprint density at radius 3 is 2.83 bits per heavy atom. The molecule has 0 aliphatic carbocycles. The number of nitrogens with one attached hydrogen (secondary N) is 1. The van der Waals surface area contributed by atoms with Gasteiger partial charge in [-0.2, -0.15) is 4.37 Å². The van der Waals surface area contributed by atoms with Crippen molar-refractivity contribution in [2.45, 2.75) is 25.5 Å². The van der Waals surface area contributed by atoms with E-state index in [1.807, 2.05) is 6.92 Å². The molecule has 1 aliphatic rings. The first-order valence-electron chi connectivity index (χ1n) is 5.46. The minimum atomic E-state index is -0.541. The standard InChI is InChI=1S/C10H14N4O3S/c1-5(17-3)8-12-10(18-13-8)11-6-4-7(15)14(2)9(6)16/h5-6H,4H2,1-3H3,(H,11,12,13)/t5-,6-/m1/s1. The first kappa shape index (κ1) is 12.9. The summed E-state index contributed by atoms with van der Waals surface area (Å²) in [6.45, 7) is 1.84. The van der Waals surface area contributed by atoms with Crippen molar-refractivity contribution < 1.29 is 14.3 Å². The molecule has 2 rings (SSSR count). The summed E-state index contributed by atoms with van der Waals surface area (Å²) in [7, 11) is 3.05. The van der Waals surface area contributed by atoms with E-state index in [1.165, 1.54) is 7.05 Å². The molecule has 1 fully saturated rings. The Morgan fingerprint density at radius 2 is 2.28 bits per heavy atom. The van der Waals surface area contributed by atoms with E-state index >= 15 is 0 Å². The Kier molecular flexibility index (Phi) is 3.58. The molecule has 0 saturated carbocycles. The number of rotatable bonds is 4. The number of methoxy groups -OCH3 is 1. The Morgan fingerprint density at radius 1 is 1.56 bits per heavy atom. The lowest BCUT2D eigenvalue weighted by Gasteiger charge is -2.09. The van der Waals surface area contributed by atoms with Crippen molar-refractivity contribution in [1.29, 1.82) is 0 Å². The second-order valence-corrected chi connectivity index (χ2v) is 4.78. The first-order chi connectivity index (χ1) is 8.52. The fourth-order valence-electron chi connectivity index (χ4n) is 1.58. The van der Waals surface area contributed by atoms with Gasteiger partial charge in [0, 0.05) is 25.7 Å². The second-order valence-electron chi connectivity index (χ2n) is 4.03. The lowest BCUT2D eigenvalue weighted by Crippen LogP contribution is -2.31. The third kappa shape index (κ3) is 2.34. The molecule has 1 aromatic heterocycles. The van der Waals surface area contributed by atoms with Crippen molar-refractivity contribution in [1.82, 2.24) is 14.3 Å². The Bertz CT molecular complexity index is 475. The number of amides is 2. The van der Waals surface area contributed by atoms with Crippen LogP contribution in [0.15, 0.2) is 0 Å². The van der Waals surface area contributed by atoms with Gasteiger partial charge in [-0.05, 0) is 6.92 Å². The Balaban J connectivity index is 2.04. The lowest BCUT2D eigenvalue weighted by atomic mass is 10.2. The number of carbonyl (C=O) groups is 2. The van der Waals surface area contributed by atoms with E-state index in [0.717, 1.165) is 16.4 Å². The summed E-state index contributed by atoms with van der Waals surface area (Å²) < 4.78 is 9.22. The highest BCUT2D eigenvalue weighted by Crippen LogP contribution is 2.21. The Hall–Kier alpha value is -1.54. The number of aromatic nitrogens is 2. The summed E-state index contributed by atoms with van der Waals surface area (Å²) >= 11 is 1.15. The third-order valence-corrected chi connectivity index (χ3v) is 3.50. The molecular formula is C10H14N4O3S. The van der Waals surface area contributed by atoms with Crippen LogP contribution in [0.2, 0.25) is 0 Å². The number of anilines is 1. The lowest BCUT2D eigenvalue weighted by molar-refractivity contribution is -0.136. The van der Waals surface area contributed by atoms with Crippen LogP contribution in [-0.4, -0.2) is 46.3 Å². The van der Waals surface area contributed by atoms with Crippen molar-refractivity contribution in [3.63, 3.8) is 0 Å². The van der Waals surface area contributed by atoms with Crippen molar-refractivity contribution >= 4 is 28.5 Å². The smallest absolute Gasteiger partial charge is 0.251 e. The number of ether oxygens (including phenoxy) is 1. The molecule has 0 radical (unpaired) electrons. The maximum absolute atomic E-state index is 11.7. The average Bonchev–Trinajstić information content (AvgIpc) is 2.91. The molecule has 0 aromatic carbocycles. The van der Waals surface area contributed by atoms with Gasteiger partial charge in [-0.25, -0.2) is 4.98 Å². The maximum atomic E-state index is 11.7. The molecule has 0 spiro atoms. The van der Waals surface area contributed by atoms with Crippen molar-refractivity contribution in [3.8, 4) is 0 Å². The number of likely N-dealkylation sites (tertiary alicyclic amines) is 1. The second kappa shape index (κ2) is 4.99. The van der Waals surface area contributed by atoms with Crippen LogP contribution in [0.3, 0.4) is 0 Å². The summed E-state index contributed by atoms with van der Waals surface area (Å²) in [5.41, 5.74) is 0. The summed E-state index contributed by atoms with van der Waals surface area (Å²) in [5.74, 6) is 0.138. The number of likely N-dealkylation sites (N-methyl/N-ethyl adjacent to an activating group) is 1. The quantitative estimate of drug-likeness (QED) is 0.798. The first-order valence-corrected chi connectivity index (χ1v) is 6.23. The summed E-state index contributed by atoms with van der Waals surface area (Å²) in [6.07, 6.45) is -0.0373. The molecule has 8 heteroatoms. The number of hydrogen-bond donors (Lipinski definition) is 1. The van der Waals surface area contributed by atoms with Crippen LogP contribution in [0.5, 0.6) is 0 Å². The molecule has 0 unspecified atom stereocenters. The zero-order chi connectivity index (χ0) is 13.3. The summed E-state index contributed by atoms with van der Waals surface area (Å²) in [5, 5.41) is 3.45. The predicted molar refractivity (Wildman–Crippen MR) is 65.1 cm³/mol. The number of carbonyl (C=O) groups excluding carboxylic acids is 2. The van der Waals surface area contributed by atoms with Crippen molar-refractivity contribution in [2.24, 2.45) is 0 Å². The van der Waals surface area contributed by atoms with E-state index in [2.05, 4.69) is 14.7 Å². The molecular weight excluding hydrogens is 256 g/mol. The van der Waals surface area contributed by atoms with E-state index in [0.29, 0.717) is 11.0 Å². The van der Waals surface area contributed by atoms with E-state index in [1.54, 1.807) is 7.11 Å². The fourth-order valence-corrected chi connectivity index (χ4v) is 2.28. The minimum absolute atomic E-state index is 0.157. The summed E-state index contributed by atoms with van der Waals surface area (Å²) in [6, 6.07) is -0.541. The maximum Gasteiger partial charge on any atom is 0.251 e. The van der Waals surface area contributed by atoms with Crippen LogP contribution in [0.4, 0.5) is 5.13 Å². The molecule has 0 bridgehead atoms. The topological polar surface area (TPSA) is 84.4 Å². The van der Waals surface area contributed by atoms with E-state index in [-0.39, 0.29) is 24.3 Å². The fraction of sp³-hybridized carbons (Fsp3) is 0.600. The molecule has 7 nitrogen and oxygen atoms in total. The molecule has 2 heterocycles. The molecule has 1 aromatic rings. The van der Waals surface area contributed by atoms with Gasteiger partial charge in [-0.3, -0.25) is 14.5 Å². The molecule has 1 aliphatic heterocycles. The van der Waals surface area contributed by atoms with Crippen LogP contribution in [-0.2, 0) is 14.3 Å². The zero-order valence-electron chi connectivity index (χ0n) is 10.3. The van der Waals surface area contributed by atoms with E-state index < -0.39 is 6.04 Å². The van der Waals surface area contributed by atoms with Crippen molar-refractivity contribution in [3.05, 3.63) is 5.82 Å². The van der Waals surface area contributed by atoms with Gasteiger partial charge >= 0.3 is 0 Å². The van der Waals surface area contributed by atoms with Gasteiger partial charge in [0.25, 0.3) is 5.91 Å². The summed E-state index contributed by atoms with van der Waals surface area (Å²) in [4.78, 5) is 28.4. The van der Waals surface area contributed by atoms with Crippen LogP contribution < -0.4 is 5.32 Å². The average molecular weight is 270 g/mol. The van der Waals surface area contributed by atoms with Crippen LogP contribution >= 0.6 is 11.5 Å². The van der Waals surface area contributed by atoms with Crippen molar-refractivity contribution in [2.75, 3.05) is 19.5 Å². The minimum Gasteiger partial charge on any atom is -0.374 e. The zero-order valence-corrected chi connectivity index (χ0v) is 11.2. The van der Waals surface area contributed by atoms with Crippen LogP contribution in [0.1, 0.15) is 25.3 Å². The van der Waals surface area contributed by atoms with Gasteiger partial charge in [0.15, 0.2) is 5.82 Å². The molecule has 2 atom stereocenters. The van der Waals surface area contributed by atoms with Crippen LogP contribution in [0, 0.1) is 0 Å². The largest absolute Gasteiger partial charge is 0.374 e. The number of nitrogens with zero attached hydrogens (tertiary/aromatic N) is 3. The van der Waals surface area contributed by atoms with E-state index in [9.17, 15) is 9.59 Å². The third-order valence-electron chi connectivity index (χ3n) is 2.84. The Labute approximate surface area is 108 Å². The van der Waals surface area contributed by atoms with Gasteiger partial charge in [0.05, 0.1) is 6.42 Å².